The molecule has 1 heterocycles. The van der Waals surface area contributed by atoms with Crippen LogP contribution in [0, 0.1) is 0 Å². The van der Waals surface area contributed by atoms with Crippen molar-refractivity contribution < 1.29 is 4.74 Å². The number of nitrogens with zero attached hydrogens (tertiary/aromatic N) is 2. The van der Waals surface area contributed by atoms with Crippen LogP contribution in [0.15, 0.2) is 36.8 Å². The molecule has 0 aliphatic carbocycles. The van der Waals surface area contributed by atoms with Gasteiger partial charge in [-0.05, 0) is 24.3 Å². The topological polar surface area (TPSA) is 73.1 Å². The van der Waals surface area contributed by atoms with Gasteiger partial charge in [-0.1, -0.05) is 0 Å². The third-order valence-corrected chi connectivity index (χ3v) is 2.54. The lowest BCUT2D eigenvalue weighted by molar-refractivity contribution is 0.415. The Kier molecular flexibility index (Phi) is 4.09. The second-order valence-electron chi connectivity index (χ2n) is 3.73. The predicted molar refractivity (Wildman–Crippen MR) is 71.6 cm³/mol. The highest BCUT2D eigenvalue weighted by Crippen LogP contribution is 2.26. The maximum Gasteiger partial charge on any atom is 0.118 e. The minimum Gasteiger partial charge on any atom is -0.497 e. The number of methoxy groups -OCH3 is 1. The lowest BCUT2D eigenvalue weighted by Gasteiger charge is -2.10. The van der Waals surface area contributed by atoms with E-state index in [-0.39, 0.29) is 0 Å². The molecule has 2 rings (SSSR count). The first-order valence-corrected chi connectivity index (χ1v) is 5.73. The maximum atomic E-state index is 5.48. The number of nitrogens with one attached hydrogen (secondary N) is 1. The molecule has 0 atom stereocenters. The molecule has 94 valence electrons. The minimum atomic E-state index is 0.566. The van der Waals surface area contributed by atoms with Crippen molar-refractivity contribution >= 4 is 5.69 Å². The minimum absolute atomic E-state index is 0.566. The standard InChI is InChI=1S/C13H16N4O/c1-18-11-4-2-10(3-5-11)13-12(16-7-6-14)8-15-9-17-13/h2-5,8-9,16H,6-7,14H2,1H3. The SMILES string of the molecule is COc1ccc(-c2ncncc2NCCN)cc1. The van der Waals surface area contributed by atoms with Crippen LogP contribution in [0.1, 0.15) is 0 Å². The highest BCUT2D eigenvalue weighted by atomic mass is 16.5. The molecule has 0 bridgehead atoms. The lowest BCUT2D eigenvalue weighted by atomic mass is 10.1. The molecule has 0 unspecified atom stereocenters. The molecule has 1 aromatic heterocycles. The summed E-state index contributed by atoms with van der Waals surface area (Å²) in [6.07, 6.45) is 3.29. The fourth-order valence-electron chi connectivity index (χ4n) is 1.64. The summed E-state index contributed by atoms with van der Waals surface area (Å²) in [5.74, 6) is 0.823. The summed E-state index contributed by atoms with van der Waals surface area (Å²) in [6, 6.07) is 7.75. The van der Waals surface area contributed by atoms with E-state index in [0.717, 1.165) is 22.7 Å². The smallest absolute Gasteiger partial charge is 0.118 e. The Morgan fingerprint density at radius 3 is 2.72 bits per heavy atom. The quantitative estimate of drug-likeness (QED) is 0.834. The van der Waals surface area contributed by atoms with Crippen molar-refractivity contribution in [3.63, 3.8) is 0 Å². The van der Waals surface area contributed by atoms with E-state index in [0.29, 0.717) is 13.1 Å². The molecule has 0 saturated carbocycles. The highest BCUT2D eigenvalue weighted by Gasteiger charge is 2.06. The van der Waals surface area contributed by atoms with Gasteiger partial charge in [-0.3, -0.25) is 0 Å². The monoisotopic (exact) mass is 244 g/mol. The molecule has 3 N–H and O–H groups in total. The second kappa shape index (κ2) is 5.97. The number of nitrogens with two attached hydrogens (primary N) is 1. The summed E-state index contributed by atoms with van der Waals surface area (Å²) >= 11 is 0. The summed E-state index contributed by atoms with van der Waals surface area (Å²) in [4.78, 5) is 8.32. The zero-order chi connectivity index (χ0) is 12.8. The van der Waals surface area contributed by atoms with Crippen LogP contribution in [0.4, 0.5) is 5.69 Å². The maximum absolute atomic E-state index is 5.48. The van der Waals surface area contributed by atoms with Crippen LogP contribution in [0.2, 0.25) is 0 Å². The van der Waals surface area contributed by atoms with Gasteiger partial charge in [0.05, 0.1) is 24.7 Å². The van der Waals surface area contributed by atoms with Gasteiger partial charge in [0.15, 0.2) is 0 Å². The van der Waals surface area contributed by atoms with Gasteiger partial charge in [0.2, 0.25) is 0 Å². The van der Waals surface area contributed by atoms with E-state index in [4.69, 9.17) is 10.5 Å². The highest BCUT2D eigenvalue weighted by molar-refractivity contribution is 5.73. The Hall–Kier alpha value is -2.14. The van der Waals surface area contributed by atoms with Crippen molar-refractivity contribution in [1.82, 2.24) is 9.97 Å². The van der Waals surface area contributed by atoms with Gasteiger partial charge >= 0.3 is 0 Å². The van der Waals surface area contributed by atoms with E-state index in [2.05, 4.69) is 15.3 Å². The molecule has 0 spiro atoms. The van der Waals surface area contributed by atoms with E-state index < -0.39 is 0 Å². The molecule has 2 aromatic rings. The van der Waals surface area contributed by atoms with Gasteiger partial charge in [0.1, 0.15) is 12.1 Å². The Morgan fingerprint density at radius 1 is 1.28 bits per heavy atom. The molecular formula is C13H16N4O. The van der Waals surface area contributed by atoms with Gasteiger partial charge in [0.25, 0.3) is 0 Å². The first-order chi connectivity index (χ1) is 8.85. The van der Waals surface area contributed by atoms with Crippen LogP contribution in [-0.4, -0.2) is 30.2 Å². The number of aromatic nitrogens is 2. The Bertz CT molecular complexity index is 499. The Balaban J connectivity index is 2.30. The van der Waals surface area contributed by atoms with Crippen LogP contribution in [0.3, 0.4) is 0 Å². The summed E-state index contributed by atoms with van der Waals surface area (Å²) in [6.45, 7) is 1.26. The van der Waals surface area contributed by atoms with E-state index in [1.54, 1.807) is 13.3 Å². The number of hydrogen-bond acceptors (Lipinski definition) is 5. The van der Waals surface area contributed by atoms with E-state index in [1.807, 2.05) is 24.3 Å². The molecular weight excluding hydrogens is 228 g/mol. The summed E-state index contributed by atoms with van der Waals surface area (Å²) < 4.78 is 5.14. The normalized spacial score (nSPS) is 10.1. The van der Waals surface area contributed by atoms with Crippen molar-refractivity contribution in [3.8, 4) is 17.0 Å². The molecule has 0 aliphatic heterocycles. The van der Waals surface area contributed by atoms with Gasteiger partial charge in [-0.25, -0.2) is 9.97 Å². The van der Waals surface area contributed by atoms with Crippen molar-refractivity contribution in [2.75, 3.05) is 25.5 Å². The largest absolute Gasteiger partial charge is 0.497 e. The van der Waals surface area contributed by atoms with Gasteiger partial charge in [0, 0.05) is 18.7 Å². The molecule has 1 aromatic carbocycles. The molecule has 5 heteroatoms. The average molecular weight is 244 g/mol. The van der Waals surface area contributed by atoms with Crippen molar-refractivity contribution in [2.24, 2.45) is 5.73 Å². The number of rotatable bonds is 5. The van der Waals surface area contributed by atoms with Gasteiger partial charge in [-0.2, -0.15) is 0 Å². The molecule has 0 fully saturated rings. The number of benzene rings is 1. The summed E-state index contributed by atoms with van der Waals surface area (Å²) in [5, 5.41) is 3.21. The zero-order valence-corrected chi connectivity index (χ0v) is 10.3. The molecule has 0 aliphatic rings. The van der Waals surface area contributed by atoms with Crippen LogP contribution in [0.25, 0.3) is 11.3 Å². The number of anilines is 1. The summed E-state index contributed by atoms with van der Waals surface area (Å²) in [5.41, 5.74) is 8.24. The third-order valence-electron chi connectivity index (χ3n) is 2.54. The number of ether oxygens (including phenoxy) is 1. The van der Waals surface area contributed by atoms with Crippen LogP contribution >= 0.6 is 0 Å². The Morgan fingerprint density at radius 2 is 2.06 bits per heavy atom. The molecule has 0 saturated heterocycles. The van der Waals surface area contributed by atoms with Gasteiger partial charge < -0.3 is 15.8 Å². The fourth-order valence-corrected chi connectivity index (χ4v) is 1.64. The average Bonchev–Trinajstić information content (AvgIpc) is 2.45. The molecule has 0 amide bonds. The summed E-state index contributed by atoms with van der Waals surface area (Å²) in [7, 11) is 1.65. The third kappa shape index (κ3) is 2.75. The molecule has 5 nitrogen and oxygen atoms in total. The van der Waals surface area contributed by atoms with Crippen molar-refractivity contribution in [2.45, 2.75) is 0 Å². The van der Waals surface area contributed by atoms with Crippen LogP contribution in [0.5, 0.6) is 5.75 Å². The van der Waals surface area contributed by atoms with Crippen molar-refractivity contribution in [3.05, 3.63) is 36.8 Å². The molecule has 0 radical (unpaired) electrons. The lowest BCUT2D eigenvalue weighted by Crippen LogP contribution is -2.14. The van der Waals surface area contributed by atoms with Crippen LogP contribution in [-0.2, 0) is 0 Å². The predicted octanol–water partition coefficient (Wildman–Crippen LogP) is 1.52. The van der Waals surface area contributed by atoms with Gasteiger partial charge in [-0.15, -0.1) is 0 Å². The number of hydrogen-bond donors (Lipinski definition) is 2. The van der Waals surface area contributed by atoms with Crippen LogP contribution < -0.4 is 15.8 Å². The van der Waals surface area contributed by atoms with E-state index >= 15 is 0 Å². The fraction of sp³-hybridized carbons (Fsp3) is 0.231. The second-order valence-corrected chi connectivity index (χ2v) is 3.73. The first-order valence-electron chi connectivity index (χ1n) is 5.73. The van der Waals surface area contributed by atoms with E-state index in [9.17, 15) is 0 Å². The molecule has 18 heavy (non-hydrogen) atoms. The Labute approximate surface area is 106 Å². The zero-order valence-electron chi connectivity index (χ0n) is 10.3. The first kappa shape index (κ1) is 12.3. The van der Waals surface area contributed by atoms with E-state index in [1.165, 1.54) is 6.33 Å². The van der Waals surface area contributed by atoms with Crippen molar-refractivity contribution in [1.29, 1.82) is 0 Å².